The number of aromatic nitrogens is 1. The van der Waals surface area contributed by atoms with Crippen molar-refractivity contribution in [1.29, 1.82) is 0 Å². The van der Waals surface area contributed by atoms with Gasteiger partial charge in [0.2, 0.25) is 0 Å². The van der Waals surface area contributed by atoms with E-state index in [1.54, 1.807) is 25.1 Å². The third-order valence-electron chi connectivity index (χ3n) is 3.74. The normalized spacial score (nSPS) is 12.5. The fourth-order valence-electron chi connectivity index (χ4n) is 2.47. The average Bonchev–Trinajstić information content (AvgIpc) is 2.95. The Kier molecular flexibility index (Phi) is 6.47. The molecular formula is C18H22F2N2O2S. The van der Waals surface area contributed by atoms with Crippen LogP contribution in [0.25, 0.3) is 0 Å². The van der Waals surface area contributed by atoms with Crippen LogP contribution in [0.1, 0.15) is 65.1 Å². The number of hydrogen-bond acceptors (Lipinski definition) is 4. The Bertz CT molecular complexity index is 732. The van der Waals surface area contributed by atoms with Gasteiger partial charge in [-0.3, -0.25) is 4.79 Å². The predicted molar refractivity (Wildman–Crippen MR) is 94.5 cm³/mol. The molecule has 1 amide bonds. The summed E-state index contributed by atoms with van der Waals surface area (Å²) in [6.07, 6.45) is 0.546. The third kappa shape index (κ3) is 4.75. The molecule has 25 heavy (non-hydrogen) atoms. The molecular weight excluding hydrogens is 346 g/mol. The zero-order chi connectivity index (χ0) is 18.6. The fourth-order valence-corrected chi connectivity index (χ4v) is 3.44. The smallest absolute Gasteiger partial charge is 0.387 e. The number of halogens is 2. The summed E-state index contributed by atoms with van der Waals surface area (Å²) in [6, 6.07) is 6.09. The Morgan fingerprint density at radius 2 is 2.00 bits per heavy atom. The van der Waals surface area contributed by atoms with E-state index >= 15 is 0 Å². The molecule has 7 heteroatoms. The van der Waals surface area contributed by atoms with Gasteiger partial charge in [-0.1, -0.05) is 39.0 Å². The second-order valence-corrected chi connectivity index (χ2v) is 7.00. The standard InChI is InChI=1S/C18H22F2N2O2S/c1-5-13(12-8-6-7-9-14(12)24-18(19)20)22-16(23)15-11(4)21-17(25-15)10(2)3/h6-10,13,18H,5H2,1-4H3,(H,22,23). The van der Waals surface area contributed by atoms with Crippen LogP contribution in [0.2, 0.25) is 0 Å². The number of benzene rings is 1. The molecule has 1 heterocycles. The highest BCUT2D eigenvalue weighted by Gasteiger charge is 2.22. The van der Waals surface area contributed by atoms with Gasteiger partial charge in [0.1, 0.15) is 10.6 Å². The predicted octanol–water partition coefficient (Wildman–Crippen LogP) is 5.06. The van der Waals surface area contributed by atoms with Crippen molar-refractivity contribution >= 4 is 17.2 Å². The molecule has 0 aliphatic carbocycles. The van der Waals surface area contributed by atoms with Crippen molar-refractivity contribution in [2.45, 2.75) is 52.7 Å². The highest BCUT2D eigenvalue weighted by Crippen LogP contribution is 2.30. The summed E-state index contributed by atoms with van der Waals surface area (Å²) in [7, 11) is 0. The van der Waals surface area contributed by atoms with Gasteiger partial charge in [-0.25, -0.2) is 4.98 Å². The molecule has 0 spiro atoms. The molecule has 1 atom stereocenters. The molecule has 0 fully saturated rings. The van der Waals surface area contributed by atoms with Gasteiger partial charge in [-0.05, 0) is 19.4 Å². The number of para-hydroxylation sites is 1. The molecule has 4 nitrogen and oxygen atoms in total. The van der Waals surface area contributed by atoms with Gasteiger partial charge in [-0.15, -0.1) is 11.3 Å². The number of rotatable bonds is 7. The molecule has 136 valence electrons. The van der Waals surface area contributed by atoms with Crippen molar-refractivity contribution in [2.75, 3.05) is 0 Å². The minimum atomic E-state index is -2.91. The van der Waals surface area contributed by atoms with E-state index in [4.69, 9.17) is 0 Å². The van der Waals surface area contributed by atoms with Crippen LogP contribution < -0.4 is 10.1 Å². The maximum atomic E-state index is 12.6. The summed E-state index contributed by atoms with van der Waals surface area (Å²) in [5.41, 5.74) is 1.21. The maximum absolute atomic E-state index is 12.6. The largest absolute Gasteiger partial charge is 0.434 e. The summed E-state index contributed by atoms with van der Waals surface area (Å²) < 4.78 is 29.8. The molecule has 1 aromatic carbocycles. The van der Waals surface area contributed by atoms with Gasteiger partial charge in [0.25, 0.3) is 5.91 Å². The summed E-state index contributed by atoms with van der Waals surface area (Å²) in [5, 5.41) is 3.81. The van der Waals surface area contributed by atoms with E-state index in [2.05, 4.69) is 15.0 Å². The lowest BCUT2D eigenvalue weighted by Crippen LogP contribution is -2.28. The van der Waals surface area contributed by atoms with Crippen LogP contribution in [-0.2, 0) is 0 Å². The van der Waals surface area contributed by atoms with Gasteiger partial charge in [0.15, 0.2) is 0 Å². The van der Waals surface area contributed by atoms with Crippen molar-refractivity contribution in [3.8, 4) is 5.75 Å². The van der Waals surface area contributed by atoms with Gasteiger partial charge in [0, 0.05) is 11.5 Å². The monoisotopic (exact) mass is 368 g/mol. The number of carbonyl (C=O) groups is 1. The molecule has 1 N–H and O–H groups in total. The van der Waals surface area contributed by atoms with Crippen molar-refractivity contribution in [3.05, 3.63) is 45.4 Å². The van der Waals surface area contributed by atoms with E-state index in [-0.39, 0.29) is 17.6 Å². The lowest BCUT2D eigenvalue weighted by molar-refractivity contribution is -0.0506. The Balaban J connectivity index is 2.24. The van der Waals surface area contributed by atoms with E-state index in [1.807, 2.05) is 20.8 Å². The SMILES string of the molecule is CCC(NC(=O)c1sc(C(C)C)nc1C)c1ccccc1OC(F)F. The third-order valence-corrected chi connectivity index (χ3v) is 5.19. The van der Waals surface area contributed by atoms with E-state index in [1.165, 1.54) is 17.4 Å². The zero-order valence-electron chi connectivity index (χ0n) is 14.7. The Hall–Kier alpha value is -2.02. The molecule has 1 aromatic heterocycles. The first-order valence-corrected chi connectivity index (χ1v) is 8.97. The van der Waals surface area contributed by atoms with Crippen LogP contribution in [-0.4, -0.2) is 17.5 Å². The van der Waals surface area contributed by atoms with E-state index in [0.717, 1.165) is 5.01 Å². The maximum Gasteiger partial charge on any atom is 0.387 e. The van der Waals surface area contributed by atoms with E-state index in [0.29, 0.717) is 22.6 Å². The second kappa shape index (κ2) is 8.38. The highest BCUT2D eigenvalue weighted by atomic mass is 32.1. The molecule has 0 bridgehead atoms. The van der Waals surface area contributed by atoms with Gasteiger partial charge >= 0.3 is 6.61 Å². The molecule has 0 saturated heterocycles. The molecule has 0 aliphatic heterocycles. The van der Waals surface area contributed by atoms with E-state index < -0.39 is 12.7 Å². The van der Waals surface area contributed by atoms with Crippen LogP contribution >= 0.6 is 11.3 Å². The fraction of sp³-hybridized carbons (Fsp3) is 0.444. The number of ether oxygens (including phenoxy) is 1. The quantitative estimate of drug-likeness (QED) is 0.743. The average molecular weight is 368 g/mol. The summed E-state index contributed by atoms with van der Waals surface area (Å²) >= 11 is 1.36. The molecule has 0 aliphatic rings. The van der Waals surface area contributed by atoms with Crippen LogP contribution in [0.4, 0.5) is 8.78 Å². The topological polar surface area (TPSA) is 51.2 Å². The summed E-state index contributed by atoms with van der Waals surface area (Å²) in [4.78, 5) is 17.6. The van der Waals surface area contributed by atoms with Crippen LogP contribution in [0.5, 0.6) is 5.75 Å². The van der Waals surface area contributed by atoms with Crippen molar-refractivity contribution < 1.29 is 18.3 Å². The number of nitrogens with one attached hydrogen (secondary N) is 1. The van der Waals surface area contributed by atoms with E-state index in [9.17, 15) is 13.6 Å². The zero-order valence-corrected chi connectivity index (χ0v) is 15.5. The van der Waals surface area contributed by atoms with Crippen LogP contribution in [0.3, 0.4) is 0 Å². The Morgan fingerprint density at radius 3 is 2.56 bits per heavy atom. The number of nitrogens with zero attached hydrogens (tertiary/aromatic N) is 1. The highest BCUT2D eigenvalue weighted by molar-refractivity contribution is 7.13. The first kappa shape index (κ1) is 19.3. The first-order valence-electron chi connectivity index (χ1n) is 8.15. The molecule has 1 unspecified atom stereocenters. The molecule has 0 saturated carbocycles. The Labute approximate surface area is 150 Å². The summed E-state index contributed by atoms with van der Waals surface area (Å²) in [5.74, 6) is 0.0709. The van der Waals surface area contributed by atoms with Crippen molar-refractivity contribution in [2.24, 2.45) is 0 Å². The van der Waals surface area contributed by atoms with Gasteiger partial charge in [0.05, 0.1) is 16.7 Å². The van der Waals surface area contributed by atoms with Crippen LogP contribution in [0, 0.1) is 6.92 Å². The number of amides is 1. The number of carbonyl (C=O) groups excluding carboxylic acids is 1. The van der Waals surface area contributed by atoms with Gasteiger partial charge in [-0.2, -0.15) is 8.78 Å². The lowest BCUT2D eigenvalue weighted by atomic mass is 10.0. The number of aryl methyl sites for hydroxylation is 1. The van der Waals surface area contributed by atoms with Crippen LogP contribution in [0.15, 0.2) is 24.3 Å². The number of thiazole rings is 1. The second-order valence-electron chi connectivity index (χ2n) is 5.97. The van der Waals surface area contributed by atoms with Crippen molar-refractivity contribution in [1.82, 2.24) is 10.3 Å². The minimum Gasteiger partial charge on any atom is -0.434 e. The first-order chi connectivity index (χ1) is 11.8. The number of alkyl halides is 2. The molecule has 2 rings (SSSR count). The van der Waals surface area contributed by atoms with Crippen molar-refractivity contribution in [3.63, 3.8) is 0 Å². The summed E-state index contributed by atoms with van der Waals surface area (Å²) in [6.45, 7) is 4.81. The lowest BCUT2D eigenvalue weighted by Gasteiger charge is -2.20. The molecule has 2 aromatic rings. The molecule has 0 radical (unpaired) electrons. The number of hydrogen-bond donors (Lipinski definition) is 1. The minimum absolute atomic E-state index is 0.0774. The van der Waals surface area contributed by atoms with Gasteiger partial charge < -0.3 is 10.1 Å². The Morgan fingerprint density at radius 1 is 1.32 bits per heavy atom.